The van der Waals surface area contributed by atoms with E-state index in [-0.39, 0.29) is 18.5 Å². The van der Waals surface area contributed by atoms with Gasteiger partial charge in [-0.25, -0.2) is 4.98 Å². The number of hydrogen-bond donors (Lipinski definition) is 3. The number of ether oxygens (including phenoxy) is 1. The number of fused-ring (bicyclic) bond motifs is 1. The summed E-state index contributed by atoms with van der Waals surface area (Å²) in [5, 5.41) is 8.35. The molecule has 188 valence electrons. The zero-order valence-corrected chi connectivity index (χ0v) is 19.4. The number of alkyl halides is 3. The number of rotatable bonds is 5. The molecule has 2 aliphatic heterocycles. The van der Waals surface area contributed by atoms with Crippen molar-refractivity contribution in [3.8, 4) is 5.75 Å². The molecule has 0 aliphatic carbocycles. The third-order valence-electron chi connectivity index (χ3n) is 5.94. The Hall–Kier alpha value is -4.06. The highest BCUT2D eigenvalue weighted by Gasteiger charge is 2.35. The van der Waals surface area contributed by atoms with Gasteiger partial charge in [0.05, 0.1) is 5.69 Å². The molecular formula is C24H24F3N7O2. The Kier molecular flexibility index (Phi) is 6.27. The Morgan fingerprint density at radius 1 is 1.03 bits per heavy atom. The highest BCUT2D eigenvalue weighted by atomic mass is 19.4. The van der Waals surface area contributed by atoms with Gasteiger partial charge in [-0.3, -0.25) is 4.79 Å². The molecule has 1 fully saturated rings. The summed E-state index contributed by atoms with van der Waals surface area (Å²) in [6, 6.07) is 12.2. The van der Waals surface area contributed by atoms with Crippen LogP contribution in [0.5, 0.6) is 5.75 Å². The van der Waals surface area contributed by atoms with Crippen LogP contribution in [-0.2, 0) is 11.0 Å². The smallest absolute Gasteiger partial charge is 0.421 e. The van der Waals surface area contributed by atoms with E-state index in [0.29, 0.717) is 22.8 Å². The minimum atomic E-state index is -4.67. The van der Waals surface area contributed by atoms with Gasteiger partial charge in [0, 0.05) is 49.4 Å². The fourth-order valence-electron chi connectivity index (χ4n) is 4.02. The largest absolute Gasteiger partial charge is 0.482 e. The van der Waals surface area contributed by atoms with Crippen LogP contribution >= 0.6 is 0 Å². The number of piperazine rings is 1. The van der Waals surface area contributed by atoms with E-state index in [1.54, 1.807) is 18.2 Å². The van der Waals surface area contributed by atoms with Crippen LogP contribution in [0.1, 0.15) is 5.56 Å². The van der Waals surface area contributed by atoms with E-state index < -0.39 is 17.6 Å². The van der Waals surface area contributed by atoms with Crippen LogP contribution in [0.25, 0.3) is 0 Å². The molecule has 12 heteroatoms. The number of carbonyl (C=O) groups is 1. The molecule has 0 spiro atoms. The summed E-state index contributed by atoms with van der Waals surface area (Å²) < 4.78 is 46.4. The fourth-order valence-corrected chi connectivity index (χ4v) is 4.02. The molecule has 0 radical (unpaired) electrons. The summed E-state index contributed by atoms with van der Waals surface area (Å²) in [5.74, 6) is -0.321. The highest BCUT2D eigenvalue weighted by Crippen LogP contribution is 2.37. The van der Waals surface area contributed by atoms with Crippen molar-refractivity contribution in [1.29, 1.82) is 0 Å². The molecule has 2 aromatic carbocycles. The normalized spacial score (nSPS) is 16.1. The minimum Gasteiger partial charge on any atom is -0.482 e. The third kappa shape index (κ3) is 5.28. The number of benzene rings is 2. The standard InChI is InChI=1S/C24H24F3N7O2/c1-33-7-9-34(10-8-33)17-4-2-3-15(11-17)30-23-28-13-18(24(25,26)27)22(32-23)29-16-5-6-20-19(12-16)31-21(35)14-36-20/h2-6,11-13H,7-10,14H2,1H3,(H,31,35)(H2,28,29,30,32). The van der Waals surface area contributed by atoms with E-state index >= 15 is 0 Å². The van der Waals surface area contributed by atoms with E-state index in [2.05, 4.69) is 42.8 Å². The lowest BCUT2D eigenvalue weighted by Gasteiger charge is -2.34. The Morgan fingerprint density at radius 2 is 1.81 bits per heavy atom. The van der Waals surface area contributed by atoms with Crippen LogP contribution in [0, 0.1) is 0 Å². The third-order valence-corrected chi connectivity index (χ3v) is 5.94. The maximum absolute atomic E-state index is 13.7. The van der Waals surface area contributed by atoms with Crippen molar-refractivity contribution < 1.29 is 22.7 Å². The molecule has 0 saturated carbocycles. The van der Waals surface area contributed by atoms with Gasteiger partial charge in [0.1, 0.15) is 17.1 Å². The van der Waals surface area contributed by atoms with Crippen LogP contribution in [0.15, 0.2) is 48.7 Å². The predicted molar refractivity (Wildman–Crippen MR) is 130 cm³/mol. The van der Waals surface area contributed by atoms with Crippen molar-refractivity contribution >= 4 is 40.4 Å². The molecule has 0 atom stereocenters. The first kappa shape index (κ1) is 23.7. The first-order valence-electron chi connectivity index (χ1n) is 11.3. The Labute approximate surface area is 205 Å². The number of halogens is 3. The Bertz CT molecular complexity index is 1280. The van der Waals surface area contributed by atoms with Crippen molar-refractivity contribution in [2.24, 2.45) is 0 Å². The van der Waals surface area contributed by atoms with Gasteiger partial charge >= 0.3 is 6.18 Å². The molecule has 2 aliphatic rings. The minimum absolute atomic E-state index is 0.00984. The fraction of sp³-hybridized carbons (Fsp3) is 0.292. The SMILES string of the molecule is CN1CCN(c2cccc(Nc3ncc(C(F)(F)F)c(Nc4ccc5c(c4)NC(=O)CO5)n3)c2)CC1. The zero-order valence-electron chi connectivity index (χ0n) is 19.4. The van der Waals surface area contributed by atoms with E-state index in [1.165, 1.54) is 6.07 Å². The van der Waals surface area contributed by atoms with Gasteiger partial charge in [0.15, 0.2) is 6.61 Å². The molecule has 9 nitrogen and oxygen atoms in total. The van der Waals surface area contributed by atoms with Gasteiger partial charge in [-0.2, -0.15) is 18.2 Å². The van der Waals surface area contributed by atoms with Crippen molar-refractivity contribution in [3.63, 3.8) is 0 Å². The predicted octanol–water partition coefficient (Wildman–Crippen LogP) is 4.07. The highest BCUT2D eigenvalue weighted by molar-refractivity contribution is 5.96. The maximum atomic E-state index is 13.7. The quantitative estimate of drug-likeness (QED) is 0.484. The van der Waals surface area contributed by atoms with Crippen LogP contribution in [0.3, 0.4) is 0 Å². The molecule has 3 heterocycles. The molecule has 3 N–H and O–H groups in total. The second-order valence-corrected chi connectivity index (χ2v) is 8.59. The summed E-state index contributed by atoms with van der Waals surface area (Å²) in [4.78, 5) is 24.1. The average molecular weight is 499 g/mol. The molecule has 1 saturated heterocycles. The Morgan fingerprint density at radius 3 is 2.58 bits per heavy atom. The van der Waals surface area contributed by atoms with Gasteiger partial charge < -0.3 is 30.5 Å². The van der Waals surface area contributed by atoms with E-state index in [4.69, 9.17) is 4.74 Å². The number of hydrogen-bond acceptors (Lipinski definition) is 8. The lowest BCUT2D eigenvalue weighted by molar-refractivity contribution is -0.137. The summed E-state index contributed by atoms with van der Waals surface area (Å²) in [7, 11) is 2.08. The molecule has 0 bridgehead atoms. The van der Waals surface area contributed by atoms with Crippen LogP contribution in [0.2, 0.25) is 0 Å². The molecule has 1 amide bonds. The van der Waals surface area contributed by atoms with E-state index in [9.17, 15) is 18.0 Å². The second-order valence-electron chi connectivity index (χ2n) is 8.59. The summed E-state index contributed by atoms with van der Waals surface area (Å²) >= 11 is 0. The Balaban J connectivity index is 1.39. The van der Waals surface area contributed by atoms with Crippen molar-refractivity contribution in [2.75, 3.05) is 60.7 Å². The van der Waals surface area contributed by atoms with Crippen molar-refractivity contribution in [2.45, 2.75) is 6.18 Å². The van der Waals surface area contributed by atoms with Gasteiger partial charge in [-0.1, -0.05) is 6.07 Å². The monoisotopic (exact) mass is 499 g/mol. The van der Waals surface area contributed by atoms with Gasteiger partial charge in [-0.05, 0) is 43.4 Å². The van der Waals surface area contributed by atoms with E-state index in [0.717, 1.165) is 38.1 Å². The first-order chi connectivity index (χ1) is 17.2. The molecule has 3 aromatic rings. The zero-order chi connectivity index (χ0) is 25.3. The van der Waals surface area contributed by atoms with Gasteiger partial charge in [0.2, 0.25) is 5.95 Å². The lowest BCUT2D eigenvalue weighted by Crippen LogP contribution is -2.44. The van der Waals surface area contributed by atoms with Gasteiger partial charge in [-0.15, -0.1) is 0 Å². The maximum Gasteiger partial charge on any atom is 0.421 e. The van der Waals surface area contributed by atoms with Crippen molar-refractivity contribution in [3.05, 3.63) is 54.2 Å². The number of aromatic nitrogens is 2. The lowest BCUT2D eigenvalue weighted by atomic mass is 10.2. The number of likely N-dealkylation sites (N-methyl/N-ethyl adjacent to an activating group) is 1. The topological polar surface area (TPSA) is 94.7 Å². The molecule has 36 heavy (non-hydrogen) atoms. The summed E-state index contributed by atoms with van der Waals surface area (Å²) in [6.45, 7) is 3.56. The van der Waals surface area contributed by atoms with Gasteiger partial charge in [0.25, 0.3) is 5.91 Å². The second kappa shape index (κ2) is 9.53. The molecular weight excluding hydrogens is 475 g/mol. The number of nitrogens with zero attached hydrogens (tertiary/aromatic N) is 4. The summed E-state index contributed by atoms with van der Waals surface area (Å²) in [5.41, 5.74) is 1.31. The van der Waals surface area contributed by atoms with Crippen LogP contribution < -0.4 is 25.6 Å². The molecule has 5 rings (SSSR count). The number of anilines is 6. The van der Waals surface area contributed by atoms with Crippen molar-refractivity contribution in [1.82, 2.24) is 14.9 Å². The van der Waals surface area contributed by atoms with Crippen LogP contribution in [-0.4, -0.2) is 60.6 Å². The average Bonchev–Trinajstić information content (AvgIpc) is 2.84. The molecule has 0 unspecified atom stereocenters. The number of carbonyl (C=O) groups excluding carboxylic acids is 1. The van der Waals surface area contributed by atoms with E-state index in [1.807, 2.05) is 18.2 Å². The number of amides is 1. The first-order valence-corrected chi connectivity index (χ1v) is 11.3. The van der Waals surface area contributed by atoms with Crippen LogP contribution in [0.4, 0.5) is 47.7 Å². The summed E-state index contributed by atoms with van der Waals surface area (Å²) in [6.07, 6.45) is -3.93. The number of nitrogens with one attached hydrogen (secondary N) is 3. The molecule has 1 aromatic heterocycles.